The van der Waals surface area contributed by atoms with Gasteiger partial charge in [0.15, 0.2) is 0 Å². The van der Waals surface area contributed by atoms with Crippen LogP contribution in [0, 0.1) is 0 Å². The molecule has 0 amide bonds. The highest BCUT2D eigenvalue weighted by Gasteiger charge is 1.93. The van der Waals surface area contributed by atoms with Crippen molar-refractivity contribution in [3.63, 3.8) is 0 Å². The quantitative estimate of drug-likeness (QED) is 0.330. The van der Waals surface area contributed by atoms with Crippen LogP contribution in [-0.2, 0) is 0 Å². The Morgan fingerprint density at radius 3 is 1.29 bits per heavy atom. The summed E-state index contributed by atoms with van der Waals surface area (Å²) < 4.78 is 0. The average molecular weight is 243 g/mol. The minimum Gasteiger partial charge on any atom is -0.317 e. The van der Waals surface area contributed by atoms with Crippen LogP contribution in [0.25, 0.3) is 0 Å². The Morgan fingerprint density at radius 1 is 0.588 bits per heavy atom. The van der Waals surface area contributed by atoms with Gasteiger partial charge >= 0.3 is 0 Å². The Balaban J connectivity index is 2.85. The molecule has 0 aromatic heterocycles. The molecule has 0 rings (SSSR count). The zero-order valence-corrected chi connectivity index (χ0v) is 11.8. The average Bonchev–Trinajstić information content (AvgIpc) is 2.35. The molecule has 0 fully saturated rings. The number of nitrogens with one attached hydrogen (secondary N) is 1. The largest absolute Gasteiger partial charge is 0.317 e. The van der Waals surface area contributed by atoms with Crippen LogP contribution < -0.4 is 5.48 Å². The normalized spacial score (nSPS) is 10.9. The van der Waals surface area contributed by atoms with Crippen LogP contribution in [0.15, 0.2) is 0 Å². The molecule has 0 atom stereocenters. The van der Waals surface area contributed by atoms with E-state index in [1.54, 1.807) is 0 Å². The van der Waals surface area contributed by atoms with Crippen molar-refractivity contribution in [3.8, 4) is 0 Å². The first kappa shape index (κ1) is 16.9. The van der Waals surface area contributed by atoms with E-state index in [4.69, 9.17) is 5.21 Å². The number of rotatable bonds is 14. The fourth-order valence-electron chi connectivity index (χ4n) is 2.22. The third-order valence-corrected chi connectivity index (χ3v) is 3.39. The molecule has 0 saturated carbocycles. The van der Waals surface area contributed by atoms with Gasteiger partial charge < -0.3 is 5.21 Å². The van der Waals surface area contributed by atoms with E-state index < -0.39 is 0 Å². The van der Waals surface area contributed by atoms with Gasteiger partial charge in [0.25, 0.3) is 0 Å². The summed E-state index contributed by atoms with van der Waals surface area (Å²) in [4.78, 5) is 0. The highest BCUT2D eigenvalue weighted by molar-refractivity contribution is 4.49. The van der Waals surface area contributed by atoms with Crippen molar-refractivity contribution in [2.75, 3.05) is 6.54 Å². The van der Waals surface area contributed by atoms with Gasteiger partial charge in [0, 0.05) is 6.54 Å². The van der Waals surface area contributed by atoms with Crippen molar-refractivity contribution in [2.45, 2.75) is 90.4 Å². The fraction of sp³-hybridized carbons (Fsp3) is 1.00. The molecule has 0 aliphatic rings. The summed E-state index contributed by atoms with van der Waals surface area (Å²) >= 11 is 0. The molecular weight excluding hydrogens is 210 g/mol. The van der Waals surface area contributed by atoms with Crippen LogP contribution in [-0.4, -0.2) is 11.8 Å². The number of hydrogen-bond donors (Lipinski definition) is 2. The second kappa shape index (κ2) is 15.9. The molecule has 0 heterocycles. The van der Waals surface area contributed by atoms with E-state index in [2.05, 4.69) is 12.4 Å². The van der Waals surface area contributed by atoms with Crippen molar-refractivity contribution >= 4 is 0 Å². The molecule has 104 valence electrons. The molecule has 0 aromatic carbocycles. The van der Waals surface area contributed by atoms with E-state index in [1.807, 2.05) is 0 Å². The molecular formula is C15H33NO. The first-order valence-electron chi connectivity index (χ1n) is 7.78. The van der Waals surface area contributed by atoms with Crippen molar-refractivity contribution < 1.29 is 5.21 Å². The summed E-state index contributed by atoms with van der Waals surface area (Å²) in [5, 5.41) is 8.39. The van der Waals surface area contributed by atoms with Gasteiger partial charge in [-0.25, -0.2) is 5.48 Å². The van der Waals surface area contributed by atoms with Crippen LogP contribution in [0.4, 0.5) is 0 Å². The molecule has 2 N–H and O–H groups in total. The molecule has 0 aliphatic carbocycles. The minimum absolute atomic E-state index is 0.748. The van der Waals surface area contributed by atoms with E-state index in [0.717, 1.165) is 13.0 Å². The maximum absolute atomic E-state index is 8.39. The highest BCUT2D eigenvalue weighted by atomic mass is 16.5. The maximum atomic E-state index is 8.39. The highest BCUT2D eigenvalue weighted by Crippen LogP contribution is 2.12. The maximum Gasteiger partial charge on any atom is 0.0207 e. The SMILES string of the molecule is CCCCCCCCCCCCCCCNO. The number of hydroxylamine groups is 1. The monoisotopic (exact) mass is 243 g/mol. The molecule has 0 bridgehead atoms. The van der Waals surface area contributed by atoms with Crippen molar-refractivity contribution in [2.24, 2.45) is 0 Å². The van der Waals surface area contributed by atoms with Crippen LogP contribution in [0.5, 0.6) is 0 Å². The van der Waals surface area contributed by atoms with Crippen LogP contribution in [0.3, 0.4) is 0 Å². The molecule has 17 heavy (non-hydrogen) atoms. The molecule has 0 aliphatic heterocycles. The molecule has 2 nitrogen and oxygen atoms in total. The topological polar surface area (TPSA) is 32.3 Å². The Labute approximate surface area is 108 Å². The van der Waals surface area contributed by atoms with Gasteiger partial charge in [0.05, 0.1) is 0 Å². The van der Waals surface area contributed by atoms with E-state index >= 15 is 0 Å². The van der Waals surface area contributed by atoms with Crippen molar-refractivity contribution in [1.82, 2.24) is 5.48 Å². The first-order chi connectivity index (χ1) is 8.41. The second-order valence-corrected chi connectivity index (χ2v) is 5.15. The molecule has 0 aromatic rings. The molecule has 0 radical (unpaired) electrons. The first-order valence-corrected chi connectivity index (χ1v) is 7.78. The van der Waals surface area contributed by atoms with E-state index in [0.29, 0.717) is 0 Å². The molecule has 0 saturated heterocycles. The van der Waals surface area contributed by atoms with Crippen LogP contribution >= 0.6 is 0 Å². The summed E-state index contributed by atoms with van der Waals surface area (Å²) in [6.07, 6.45) is 17.9. The Kier molecular flexibility index (Phi) is 15.8. The van der Waals surface area contributed by atoms with Gasteiger partial charge in [0.2, 0.25) is 0 Å². The van der Waals surface area contributed by atoms with E-state index in [9.17, 15) is 0 Å². The van der Waals surface area contributed by atoms with Gasteiger partial charge in [0.1, 0.15) is 0 Å². The summed E-state index contributed by atoms with van der Waals surface area (Å²) in [5.41, 5.74) is 2.21. The van der Waals surface area contributed by atoms with Gasteiger partial charge in [-0.2, -0.15) is 0 Å². The summed E-state index contributed by atoms with van der Waals surface area (Å²) in [5.74, 6) is 0. The van der Waals surface area contributed by atoms with Crippen LogP contribution in [0.1, 0.15) is 90.4 Å². The smallest absolute Gasteiger partial charge is 0.0207 e. The number of hydrogen-bond acceptors (Lipinski definition) is 2. The predicted octanol–water partition coefficient (Wildman–Crippen LogP) is 5.06. The molecule has 0 spiro atoms. The lowest BCUT2D eigenvalue weighted by Gasteiger charge is -2.02. The van der Waals surface area contributed by atoms with Crippen molar-refractivity contribution in [1.29, 1.82) is 0 Å². The lowest BCUT2D eigenvalue weighted by atomic mass is 10.0. The standard InChI is InChI=1S/C15H33NO/c1-2-3-4-5-6-7-8-9-10-11-12-13-14-15-16-17/h16-17H,2-15H2,1H3. The van der Waals surface area contributed by atoms with Gasteiger partial charge in [-0.1, -0.05) is 84.0 Å². The van der Waals surface area contributed by atoms with Gasteiger partial charge in [-0.15, -0.1) is 0 Å². The molecule has 2 heteroatoms. The summed E-state index contributed by atoms with van der Waals surface area (Å²) in [7, 11) is 0. The van der Waals surface area contributed by atoms with Gasteiger partial charge in [-0.3, -0.25) is 0 Å². The van der Waals surface area contributed by atoms with Gasteiger partial charge in [-0.05, 0) is 6.42 Å². The minimum atomic E-state index is 0.748. The lowest BCUT2D eigenvalue weighted by molar-refractivity contribution is 0.164. The molecule has 0 unspecified atom stereocenters. The zero-order chi connectivity index (χ0) is 12.6. The van der Waals surface area contributed by atoms with Crippen molar-refractivity contribution in [3.05, 3.63) is 0 Å². The number of unbranched alkanes of at least 4 members (excludes halogenated alkanes) is 12. The second-order valence-electron chi connectivity index (χ2n) is 5.15. The summed E-state index contributed by atoms with van der Waals surface area (Å²) in [6.45, 7) is 3.02. The third-order valence-electron chi connectivity index (χ3n) is 3.39. The van der Waals surface area contributed by atoms with Crippen LogP contribution in [0.2, 0.25) is 0 Å². The summed E-state index contributed by atoms with van der Waals surface area (Å²) in [6, 6.07) is 0. The zero-order valence-electron chi connectivity index (χ0n) is 11.8. The lowest BCUT2D eigenvalue weighted by Crippen LogP contribution is -2.07. The Bertz CT molecular complexity index is 114. The Hall–Kier alpha value is -0.0800. The van der Waals surface area contributed by atoms with E-state index in [1.165, 1.54) is 77.0 Å². The predicted molar refractivity (Wildman–Crippen MR) is 75.5 cm³/mol. The van der Waals surface area contributed by atoms with E-state index in [-0.39, 0.29) is 0 Å². The Morgan fingerprint density at radius 2 is 0.941 bits per heavy atom. The fourth-order valence-corrected chi connectivity index (χ4v) is 2.22. The third kappa shape index (κ3) is 15.9.